The molecule has 2 aromatic carbocycles. The van der Waals surface area contributed by atoms with Gasteiger partial charge in [-0.05, 0) is 80.6 Å². The van der Waals surface area contributed by atoms with E-state index in [1.165, 1.54) is 12.1 Å². The van der Waals surface area contributed by atoms with Crippen LogP contribution in [0.15, 0.2) is 41.3 Å². The summed E-state index contributed by atoms with van der Waals surface area (Å²) in [7, 11) is -3.84. The maximum atomic E-state index is 13.5. The number of sulfone groups is 1. The number of rotatable bonds is 8. The van der Waals surface area contributed by atoms with Crippen LogP contribution in [0.2, 0.25) is 10.0 Å². The number of aromatic nitrogens is 1. The first-order valence-electron chi connectivity index (χ1n) is 15.1. The van der Waals surface area contributed by atoms with Crippen molar-refractivity contribution in [3.8, 4) is 0 Å². The van der Waals surface area contributed by atoms with Gasteiger partial charge in [-0.25, -0.2) is 8.42 Å². The highest BCUT2D eigenvalue weighted by Crippen LogP contribution is 2.37. The molecule has 3 aliphatic rings. The molecule has 0 saturated carbocycles. The van der Waals surface area contributed by atoms with E-state index in [9.17, 15) is 23.1 Å². The van der Waals surface area contributed by atoms with Crippen LogP contribution in [-0.4, -0.2) is 78.4 Å². The molecule has 1 aromatic heterocycles. The second-order valence-corrected chi connectivity index (χ2v) is 15.0. The number of hydrogen-bond acceptors (Lipinski definition) is 6. The van der Waals surface area contributed by atoms with E-state index < -0.39 is 9.84 Å². The van der Waals surface area contributed by atoms with Gasteiger partial charge in [-0.2, -0.15) is 0 Å². The summed E-state index contributed by atoms with van der Waals surface area (Å²) < 4.78 is 26.8. The normalized spacial score (nSPS) is 21.1. The number of fused-ring (bicyclic) bond motifs is 1. The zero-order chi connectivity index (χ0) is 32.0. The number of aromatic amines is 1. The number of carbonyl (C=O) groups is 2. The summed E-state index contributed by atoms with van der Waals surface area (Å²) in [5.74, 6) is -0.654. The molecule has 4 heterocycles. The van der Waals surface area contributed by atoms with Crippen molar-refractivity contribution in [3.63, 3.8) is 0 Å². The fourth-order valence-corrected chi connectivity index (χ4v) is 8.82. The maximum Gasteiger partial charge on any atom is 0.256 e. The Labute approximate surface area is 273 Å². The monoisotopic (exact) mass is 670 g/mol. The van der Waals surface area contributed by atoms with Gasteiger partial charge in [0.2, 0.25) is 5.91 Å². The van der Waals surface area contributed by atoms with Crippen LogP contribution in [-0.2, 0) is 31.6 Å². The summed E-state index contributed by atoms with van der Waals surface area (Å²) in [4.78, 5) is 34.2. The molecule has 0 radical (unpaired) electrons. The summed E-state index contributed by atoms with van der Waals surface area (Å²) in [5.41, 5.74) is 4.93. The smallest absolute Gasteiger partial charge is 0.256 e. The number of benzene rings is 2. The van der Waals surface area contributed by atoms with Crippen LogP contribution < -0.4 is 5.32 Å². The molecule has 2 saturated heterocycles. The van der Waals surface area contributed by atoms with Crippen LogP contribution in [0.1, 0.15) is 52.9 Å². The van der Waals surface area contributed by atoms with Gasteiger partial charge >= 0.3 is 0 Å². The largest absolute Gasteiger partial charge is 0.392 e. The van der Waals surface area contributed by atoms with Crippen molar-refractivity contribution in [1.82, 2.24) is 14.8 Å². The first-order valence-corrected chi connectivity index (χ1v) is 17.5. The Morgan fingerprint density at radius 3 is 2.56 bits per heavy atom. The van der Waals surface area contributed by atoms with Crippen molar-refractivity contribution in [3.05, 3.63) is 80.1 Å². The minimum atomic E-state index is -3.84. The van der Waals surface area contributed by atoms with E-state index in [4.69, 9.17) is 23.2 Å². The molecule has 0 aliphatic carbocycles. The van der Waals surface area contributed by atoms with Crippen molar-refractivity contribution in [2.45, 2.75) is 62.3 Å². The molecule has 0 spiro atoms. The summed E-state index contributed by atoms with van der Waals surface area (Å²) >= 11 is 12.5. The first-order chi connectivity index (χ1) is 21.4. The fraction of sp³-hybridized carbons (Fsp3) is 0.394. The van der Waals surface area contributed by atoms with Crippen LogP contribution >= 0.6 is 23.2 Å². The Balaban J connectivity index is 1.23. The Morgan fingerprint density at radius 2 is 1.84 bits per heavy atom. The van der Waals surface area contributed by atoms with Crippen molar-refractivity contribution in [2.24, 2.45) is 0 Å². The third kappa shape index (κ3) is 6.44. The minimum absolute atomic E-state index is 0.0499. The molecular weight excluding hydrogens is 635 g/mol. The van der Waals surface area contributed by atoms with Gasteiger partial charge in [-0.15, -0.1) is 0 Å². The van der Waals surface area contributed by atoms with Gasteiger partial charge in [0.15, 0.2) is 9.84 Å². The predicted molar refractivity (Wildman–Crippen MR) is 176 cm³/mol. The molecule has 3 aliphatic heterocycles. The quantitative estimate of drug-likeness (QED) is 0.290. The first kappa shape index (κ1) is 31.8. The van der Waals surface area contributed by atoms with Crippen LogP contribution in [0.5, 0.6) is 0 Å². The molecule has 6 rings (SSSR count). The van der Waals surface area contributed by atoms with Gasteiger partial charge < -0.3 is 20.3 Å². The van der Waals surface area contributed by atoms with E-state index >= 15 is 0 Å². The Kier molecular flexibility index (Phi) is 8.88. The third-order valence-corrected chi connectivity index (χ3v) is 11.5. The number of aliphatic hydroxyl groups excluding tert-OH is 1. The molecule has 45 heavy (non-hydrogen) atoms. The standard InChI is InChI=1S/C33H36Cl2N4O5S/c1-19-24(15-32(41)39-11-4-5-21(39)16-38-12-10-22(40)17-38)20(2)36-31(19)14-26-25-13-23(8-9-30(25)37-33(26)42)45(43,44)18-27-28(34)6-3-7-29(27)35/h3,6-9,13-14,21-22,36,40H,4-5,10-12,15-18H2,1-2H3,(H,37,42)/t21-,22+/m0/s1. The maximum absolute atomic E-state index is 13.5. The van der Waals surface area contributed by atoms with Crippen LogP contribution in [0.25, 0.3) is 11.6 Å². The molecule has 12 heteroatoms. The van der Waals surface area contributed by atoms with Crippen LogP contribution in [0, 0.1) is 13.8 Å². The lowest BCUT2D eigenvalue weighted by atomic mass is 10.0. The molecule has 238 valence electrons. The number of likely N-dealkylation sites (tertiary alicyclic amines) is 2. The minimum Gasteiger partial charge on any atom is -0.392 e. The highest BCUT2D eigenvalue weighted by molar-refractivity contribution is 7.90. The van der Waals surface area contributed by atoms with Gasteiger partial charge in [0.25, 0.3) is 5.91 Å². The van der Waals surface area contributed by atoms with Gasteiger partial charge in [-0.3, -0.25) is 14.5 Å². The molecular formula is C33H36Cl2N4O5S. The summed E-state index contributed by atoms with van der Waals surface area (Å²) in [5, 5.41) is 13.3. The van der Waals surface area contributed by atoms with Gasteiger partial charge in [-0.1, -0.05) is 29.3 Å². The summed E-state index contributed by atoms with van der Waals surface area (Å²) in [6.45, 7) is 6.86. The lowest BCUT2D eigenvalue weighted by Crippen LogP contribution is -2.43. The number of carbonyl (C=O) groups excluding carboxylic acids is 2. The molecule has 3 N–H and O–H groups in total. The van der Waals surface area contributed by atoms with Gasteiger partial charge in [0, 0.05) is 70.5 Å². The number of nitrogens with one attached hydrogen (secondary N) is 2. The highest BCUT2D eigenvalue weighted by atomic mass is 35.5. The van der Waals surface area contributed by atoms with E-state index in [1.54, 1.807) is 30.3 Å². The number of anilines is 1. The molecule has 2 atom stereocenters. The number of aliphatic hydroxyl groups is 1. The number of hydrogen-bond donors (Lipinski definition) is 3. The number of H-pyrrole nitrogens is 1. The molecule has 0 unspecified atom stereocenters. The summed E-state index contributed by atoms with van der Waals surface area (Å²) in [6, 6.07) is 9.54. The van der Waals surface area contributed by atoms with E-state index in [2.05, 4.69) is 15.2 Å². The van der Waals surface area contributed by atoms with Crippen molar-refractivity contribution in [1.29, 1.82) is 0 Å². The van der Waals surface area contributed by atoms with Gasteiger partial charge in [0.05, 0.1) is 28.7 Å². The Morgan fingerprint density at radius 1 is 1.09 bits per heavy atom. The molecule has 3 aromatic rings. The highest BCUT2D eigenvalue weighted by Gasteiger charge is 2.33. The van der Waals surface area contributed by atoms with Crippen LogP contribution in [0.4, 0.5) is 5.69 Å². The number of amides is 2. The van der Waals surface area contributed by atoms with E-state index in [0.29, 0.717) is 34.6 Å². The average Bonchev–Trinajstić information content (AvgIpc) is 3.75. The van der Waals surface area contributed by atoms with Crippen molar-refractivity contribution in [2.75, 3.05) is 31.5 Å². The lowest BCUT2D eigenvalue weighted by Gasteiger charge is -2.28. The van der Waals surface area contributed by atoms with E-state index in [-0.39, 0.29) is 51.1 Å². The fourth-order valence-electron chi connectivity index (χ4n) is 6.70. The number of β-amino-alcohol motifs (C(OH)–C–C–N with tert-alkyl or cyclic N) is 1. The number of halogens is 2. The second-order valence-electron chi connectivity index (χ2n) is 12.2. The number of nitrogens with zero attached hydrogens (tertiary/aromatic N) is 2. The zero-order valence-corrected chi connectivity index (χ0v) is 27.5. The summed E-state index contributed by atoms with van der Waals surface area (Å²) in [6.07, 6.45) is 4.37. The third-order valence-electron chi connectivity index (χ3n) is 9.19. The number of aryl methyl sites for hydroxylation is 1. The van der Waals surface area contributed by atoms with E-state index in [1.807, 2.05) is 18.7 Å². The van der Waals surface area contributed by atoms with E-state index in [0.717, 1.165) is 55.7 Å². The van der Waals surface area contributed by atoms with Crippen LogP contribution in [0.3, 0.4) is 0 Å². The van der Waals surface area contributed by atoms with Crippen molar-refractivity contribution >= 4 is 62.2 Å². The predicted octanol–water partition coefficient (Wildman–Crippen LogP) is 5.01. The lowest BCUT2D eigenvalue weighted by molar-refractivity contribution is -0.131. The zero-order valence-electron chi connectivity index (χ0n) is 25.2. The van der Waals surface area contributed by atoms with Gasteiger partial charge in [0.1, 0.15) is 0 Å². The molecule has 0 bridgehead atoms. The topological polar surface area (TPSA) is 123 Å². The Bertz CT molecular complexity index is 1800. The molecule has 2 amide bonds. The van der Waals surface area contributed by atoms with Crippen molar-refractivity contribution < 1.29 is 23.1 Å². The molecule has 9 nitrogen and oxygen atoms in total. The second kappa shape index (κ2) is 12.6. The molecule has 2 fully saturated rings. The SMILES string of the molecule is Cc1[nH]c(C=C2C(=O)Nc3ccc(S(=O)(=O)Cc4c(Cl)cccc4Cl)cc32)c(C)c1CC(=O)N1CCC[C@H]1CN1CC[C@@H](O)C1. The Hall–Kier alpha value is -3.15. The average molecular weight is 672 g/mol.